The fourth-order valence-electron chi connectivity index (χ4n) is 2.03. The van der Waals surface area contributed by atoms with Crippen LogP contribution in [0.3, 0.4) is 0 Å². The maximum atomic E-state index is 12.0. The van der Waals surface area contributed by atoms with Gasteiger partial charge in [0.2, 0.25) is 0 Å². The van der Waals surface area contributed by atoms with E-state index >= 15 is 0 Å². The Bertz CT molecular complexity index is 703. The lowest BCUT2D eigenvalue weighted by molar-refractivity contribution is -0.118. The van der Waals surface area contributed by atoms with Crippen LogP contribution in [-0.4, -0.2) is 26.7 Å². The molecular formula is C17H18BrNO4. The van der Waals surface area contributed by atoms with Crippen LogP contribution >= 0.6 is 15.9 Å². The average Bonchev–Trinajstić information content (AvgIpc) is 2.54. The van der Waals surface area contributed by atoms with Crippen molar-refractivity contribution in [2.75, 3.05) is 26.1 Å². The Morgan fingerprint density at radius 3 is 2.39 bits per heavy atom. The largest absolute Gasteiger partial charge is 0.493 e. The predicted octanol–water partition coefficient (Wildman–Crippen LogP) is 3.79. The van der Waals surface area contributed by atoms with Gasteiger partial charge in [-0.1, -0.05) is 15.9 Å². The Morgan fingerprint density at radius 2 is 1.74 bits per heavy atom. The van der Waals surface area contributed by atoms with Crippen molar-refractivity contribution in [3.63, 3.8) is 0 Å². The first-order chi connectivity index (χ1) is 11.0. The molecule has 0 aliphatic carbocycles. The lowest BCUT2D eigenvalue weighted by atomic mass is 10.2. The molecule has 0 aliphatic heterocycles. The molecule has 0 saturated carbocycles. The maximum Gasteiger partial charge on any atom is 0.262 e. The SMILES string of the molecule is COc1ccc(NC(=O)COc2ccc(Br)cc2C)cc1OC. The van der Waals surface area contributed by atoms with E-state index in [4.69, 9.17) is 14.2 Å². The Hall–Kier alpha value is -2.21. The molecule has 6 heteroatoms. The second-order valence-corrected chi connectivity index (χ2v) is 5.73. The van der Waals surface area contributed by atoms with Gasteiger partial charge in [-0.15, -0.1) is 0 Å². The van der Waals surface area contributed by atoms with E-state index in [2.05, 4.69) is 21.2 Å². The maximum absolute atomic E-state index is 12.0. The van der Waals surface area contributed by atoms with Crippen molar-refractivity contribution in [3.05, 3.63) is 46.4 Å². The first-order valence-corrected chi connectivity index (χ1v) is 7.73. The highest BCUT2D eigenvalue weighted by atomic mass is 79.9. The van der Waals surface area contributed by atoms with Crippen LogP contribution in [0.1, 0.15) is 5.56 Å². The van der Waals surface area contributed by atoms with Crippen LogP contribution in [0.2, 0.25) is 0 Å². The Labute approximate surface area is 143 Å². The van der Waals surface area contributed by atoms with Gasteiger partial charge in [0.25, 0.3) is 5.91 Å². The van der Waals surface area contributed by atoms with E-state index in [1.54, 1.807) is 32.4 Å². The van der Waals surface area contributed by atoms with Gasteiger partial charge in [0.05, 0.1) is 14.2 Å². The van der Waals surface area contributed by atoms with Gasteiger partial charge in [0.1, 0.15) is 5.75 Å². The highest BCUT2D eigenvalue weighted by Gasteiger charge is 2.09. The van der Waals surface area contributed by atoms with Crippen molar-refractivity contribution in [1.29, 1.82) is 0 Å². The standard InChI is InChI=1S/C17H18BrNO4/c1-11-8-12(18)4-6-14(11)23-10-17(20)19-13-5-7-15(21-2)16(9-13)22-3/h4-9H,10H2,1-3H3,(H,19,20). The first kappa shape index (κ1) is 17.1. The molecule has 0 bridgehead atoms. The Morgan fingerprint density at radius 1 is 1.04 bits per heavy atom. The first-order valence-electron chi connectivity index (χ1n) is 6.94. The molecule has 0 spiro atoms. The molecule has 2 aromatic rings. The fourth-order valence-corrected chi connectivity index (χ4v) is 2.50. The minimum atomic E-state index is -0.250. The lowest BCUT2D eigenvalue weighted by Gasteiger charge is -2.12. The Balaban J connectivity index is 1.97. The van der Waals surface area contributed by atoms with Crippen LogP contribution in [0.4, 0.5) is 5.69 Å². The van der Waals surface area contributed by atoms with E-state index in [9.17, 15) is 4.79 Å². The predicted molar refractivity (Wildman–Crippen MR) is 92.5 cm³/mol. The van der Waals surface area contributed by atoms with Crippen LogP contribution in [0, 0.1) is 6.92 Å². The molecule has 0 radical (unpaired) electrons. The summed E-state index contributed by atoms with van der Waals surface area (Å²) in [5.41, 5.74) is 1.57. The molecule has 0 heterocycles. The number of halogens is 1. The van der Waals surface area contributed by atoms with Crippen LogP contribution in [0.15, 0.2) is 40.9 Å². The summed E-state index contributed by atoms with van der Waals surface area (Å²) < 4.78 is 16.9. The molecule has 122 valence electrons. The number of aryl methyl sites for hydroxylation is 1. The third kappa shape index (κ3) is 4.63. The summed E-state index contributed by atoms with van der Waals surface area (Å²) in [5.74, 6) is 1.58. The van der Waals surface area contributed by atoms with Gasteiger partial charge in [-0.05, 0) is 42.8 Å². The van der Waals surface area contributed by atoms with E-state index < -0.39 is 0 Å². The van der Waals surface area contributed by atoms with E-state index in [-0.39, 0.29) is 12.5 Å². The van der Waals surface area contributed by atoms with E-state index in [0.29, 0.717) is 22.9 Å². The second kappa shape index (κ2) is 7.87. The molecule has 0 unspecified atom stereocenters. The van der Waals surface area contributed by atoms with Crippen molar-refractivity contribution >= 4 is 27.5 Å². The molecule has 0 saturated heterocycles. The average molecular weight is 380 g/mol. The zero-order valence-electron chi connectivity index (χ0n) is 13.2. The normalized spacial score (nSPS) is 10.1. The summed E-state index contributed by atoms with van der Waals surface area (Å²) in [6.45, 7) is 1.85. The number of hydrogen-bond donors (Lipinski definition) is 1. The third-order valence-electron chi connectivity index (χ3n) is 3.16. The van der Waals surface area contributed by atoms with Gasteiger partial charge in [-0.3, -0.25) is 4.79 Å². The molecular weight excluding hydrogens is 362 g/mol. The van der Waals surface area contributed by atoms with Crippen LogP contribution in [0.5, 0.6) is 17.2 Å². The number of benzene rings is 2. The number of carbonyl (C=O) groups is 1. The zero-order chi connectivity index (χ0) is 16.8. The summed E-state index contributed by atoms with van der Waals surface area (Å²) in [4.78, 5) is 12.0. The molecule has 23 heavy (non-hydrogen) atoms. The summed E-state index contributed by atoms with van der Waals surface area (Å²) in [6.07, 6.45) is 0. The van der Waals surface area contributed by atoms with E-state index in [1.807, 2.05) is 25.1 Å². The summed E-state index contributed by atoms with van der Waals surface area (Å²) in [6, 6.07) is 10.8. The van der Waals surface area contributed by atoms with Crippen molar-refractivity contribution in [2.45, 2.75) is 6.92 Å². The number of hydrogen-bond acceptors (Lipinski definition) is 4. The van der Waals surface area contributed by atoms with Crippen molar-refractivity contribution < 1.29 is 19.0 Å². The van der Waals surface area contributed by atoms with Gasteiger partial charge in [0.15, 0.2) is 18.1 Å². The number of anilines is 1. The smallest absolute Gasteiger partial charge is 0.262 e. The van der Waals surface area contributed by atoms with Gasteiger partial charge in [-0.2, -0.15) is 0 Å². The zero-order valence-corrected chi connectivity index (χ0v) is 14.8. The van der Waals surface area contributed by atoms with Gasteiger partial charge in [0, 0.05) is 16.2 Å². The number of amides is 1. The minimum absolute atomic E-state index is 0.0726. The summed E-state index contributed by atoms with van der Waals surface area (Å²) in [5, 5.41) is 2.76. The fraction of sp³-hybridized carbons (Fsp3) is 0.235. The molecule has 0 aliphatic rings. The van der Waals surface area contributed by atoms with Crippen molar-refractivity contribution in [2.24, 2.45) is 0 Å². The molecule has 5 nitrogen and oxygen atoms in total. The summed E-state index contributed by atoms with van der Waals surface area (Å²) in [7, 11) is 3.10. The third-order valence-corrected chi connectivity index (χ3v) is 3.66. The molecule has 2 aromatic carbocycles. The number of ether oxygens (including phenoxy) is 3. The number of nitrogens with one attached hydrogen (secondary N) is 1. The van der Waals surface area contributed by atoms with Crippen molar-refractivity contribution in [3.8, 4) is 17.2 Å². The number of rotatable bonds is 6. The van der Waals surface area contributed by atoms with Gasteiger partial charge >= 0.3 is 0 Å². The lowest BCUT2D eigenvalue weighted by Crippen LogP contribution is -2.20. The van der Waals surface area contributed by atoms with Crippen LogP contribution in [0.25, 0.3) is 0 Å². The highest BCUT2D eigenvalue weighted by Crippen LogP contribution is 2.29. The molecule has 0 atom stereocenters. The molecule has 0 fully saturated rings. The molecule has 2 rings (SSSR count). The van der Waals surface area contributed by atoms with Gasteiger partial charge in [-0.25, -0.2) is 0 Å². The quantitative estimate of drug-likeness (QED) is 0.829. The highest BCUT2D eigenvalue weighted by molar-refractivity contribution is 9.10. The minimum Gasteiger partial charge on any atom is -0.493 e. The molecule has 1 N–H and O–H groups in total. The molecule has 0 aromatic heterocycles. The van der Waals surface area contributed by atoms with E-state index in [0.717, 1.165) is 10.0 Å². The van der Waals surface area contributed by atoms with Crippen LogP contribution < -0.4 is 19.5 Å². The summed E-state index contributed by atoms with van der Waals surface area (Å²) >= 11 is 3.39. The topological polar surface area (TPSA) is 56.8 Å². The van der Waals surface area contributed by atoms with Crippen LogP contribution in [-0.2, 0) is 4.79 Å². The van der Waals surface area contributed by atoms with E-state index in [1.165, 1.54) is 0 Å². The Kier molecular flexibility index (Phi) is 5.87. The van der Waals surface area contributed by atoms with Gasteiger partial charge < -0.3 is 19.5 Å². The molecule has 1 amide bonds. The monoisotopic (exact) mass is 379 g/mol. The second-order valence-electron chi connectivity index (χ2n) is 4.82. The number of methoxy groups -OCH3 is 2. The van der Waals surface area contributed by atoms with Crippen molar-refractivity contribution in [1.82, 2.24) is 0 Å². The number of carbonyl (C=O) groups excluding carboxylic acids is 1.